The van der Waals surface area contributed by atoms with Gasteiger partial charge in [-0.2, -0.15) is 0 Å². The lowest BCUT2D eigenvalue weighted by Crippen LogP contribution is -2.26. The van der Waals surface area contributed by atoms with Crippen LogP contribution < -0.4 is 0 Å². The molecule has 0 rings (SSSR count). The van der Waals surface area contributed by atoms with Crippen molar-refractivity contribution in [1.29, 1.82) is 0 Å². The highest BCUT2D eigenvalue weighted by atomic mass is 16.4. The minimum Gasteiger partial charge on any atom is -0.479 e. The Balaban J connectivity index is 3.72. The summed E-state index contributed by atoms with van der Waals surface area (Å²) in [6.45, 7) is 3.55. The van der Waals surface area contributed by atoms with E-state index in [0.29, 0.717) is 6.42 Å². The lowest BCUT2D eigenvalue weighted by Gasteiger charge is -2.10. The average Bonchev–Trinajstić information content (AvgIpc) is 1.84. The van der Waals surface area contributed by atoms with Crippen molar-refractivity contribution < 1.29 is 15.0 Å². The second-order valence-electron chi connectivity index (χ2n) is 2.17. The van der Waals surface area contributed by atoms with Gasteiger partial charge in [-0.25, -0.2) is 4.79 Å². The fraction of sp³-hybridized carbons (Fsp3) is 0.833. The molecule has 0 spiro atoms. The van der Waals surface area contributed by atoms with Gasteiger partial charge in [0, 0.05) is 0 Å². The first-order valence-electron chi connectivity index (χ1n) is 3.00. The lowest BCUT2D eigenvalue weighted by atomic mass is 10.0. The maximum absolute atomic E-state index is 10.0. The molecule has 3 heteroatoms. The van der Waals surface area contributed by atoms with E-state index in [-0.39, 0.29) is 5.92 Å². The van der Waals surface area contributed by atoms with E-state index >= 15 is 0 Å². The van der Waals surface area contributed by atoms with Gasteiger partial charge in [0.2, 0.25) is 0 Å². The van der Waals surface area contributed by atoms with Crippen LogP contribution in [0.5, 0.6) is 0 Å². The van der Waals surface area contributed by atoms with Gasteiger partial charge >= 0.3 is 5.97 Å². The smallest absolute Gasteiger partial charge is 0.332 e. The fourth-order valence-corrected chi connectivity index (χ4v) is 0.467. The van der Waals surface area contributed by atoms with Crippen LogP contribution in [0.25, 0.3) is 0 Å². The molecule has 3 nitrogen and oxygen atoms in total. The van der Waals surface area contributed by atoms with E-state index < -0.39 is 12.1 Å². The predicted molar refractivity (Wildman–Crippen MR) is 33.1 cm³/mol. The summed E-state index contributed by atoms with van der Waals surface area (Å²) in [5.41, 5.74) is 0. The van der Waals surface area contributed by atoms with Crippen LogP contribution in [0.3, 0.4) is 0 Å². The number of aliphatic carboxylic acids is 1. The van der Waals surface area contributed by atoms with Crippen molar-refractivity contribution in [3.05, 3.63) is 0 Å². The highest BCUT2D eigenvalue weighted by Crippen LogP contribution is 2.06. The number of aliphatic hydroxyl groups is 1. The monoisotopic (exact) mass is 132 g/mol. The van der Waals surface area contributed by atoms with Crippen LogP contribution in [-0.2, 0) is 4.79 Å². The van der Waals surface area contributed by atoms with Gasteiger partial charge in [0.05, 0.1) is 0 Å². The molecule has 0 radical (unpaired) electrons. The van der Waals surface area contributed by atoms with Gasteiger partial charge in [-0.15, -0.1) is 0 Å². The van der Waals surface area contributed by atoms with Crippen LogP contribution in [0, 0.1) is 5.92 Å². The third kappa shape index (κ3) is 2.46. The molecule has 0 bridgehead atoms. The highest BCUT2D eigenvalue weighted by molar-refractivity contribution is 5.72. The van der Waals surface area contributed by atoms with E-state index in [1.165, 1.54) is 0 Å². The second kappa shape index (κ2) is 3.45. The third-order valence-corrected chi connectivity index (χ3v) is 1.44. The van der Waals surface area contributed by atoms with E-state index in [4.69, 9.17) is 10.2 Å². The number of carboxylic acid groups (broad SMARTS) is 1. The van der Waals surface area contributed by atoms with Gasteiger partial charge < -0.3 is 10.2 Å². The summed E-state index contributed by atoms with van der Waals surface area (Å²) in [5, 5.41) is 17.0. The van der Waals surface area contributed by atoms with Crippen molar-refractivity contribution in [2.24, 2.45) is 5.92 Å². The molecule has 54 valence electrons. The molecule has 9 heavy (non-hydrogen) atoms. The summed E-state index contributed by atoms with van der Waals surface area (Å²) in [6.07, 6.45) is -0.511. The zero-order chi connectivity index (χ0) is 7.44. The number of carboxylic acids is 1. The normalized spacial score (nSPS) is 16.8. The van der Waals surface area contributed by atoms with Gasteiger partial charge in [-0.3, -0.25) is 0 Å². The van der Waals surface area contributed by atoms with Crippen LogP contribution in [0.1, 0.15) is 20.3 Å². The quantitative estimate of drug-likeness (QED) is 0.587. The van der Waals surface area contributed by atoms with Crippen molar-refractivity contribution in [1.82, 2.24) is 0 Å². The van der Waals surface area contributed by atoms with E-state index in [1.807, 2.05) is 6.92 Å². The average molecular weight is 132 g/mol. The van der Waals surface area contributed by atoms with Gasteiger partial charge in [0.25, 0.3) is 0 Å². The van der Waals surface area contributed by atoms with Crippen molar-refractivity contribution >= 4 is 5.97 Å². The van der Waals surface area contributed by atoms with Crippen LogP contribution in [0.15, 0.2) is 0 Å². The number of hydrogen-bond acceptors (Lipinski definition) is 2. The van der Waals surface area contributed by atoms with Crippen LogP contribution in [-0.4, -0.2) is 22.3 Å². The van der Waals surface area contributed by atoms with Crippen LogP contribution >= 0.6 is 0 Å². The second-order valence-corrected chi connectivity index (χ2v) is 2.17. The minimum atomic E-state index is -1.20. The molecular formula is C6H12O3. The maximum Gasteiger partial charge on any atom is 0.332 e. The molecule has 0 heterocycles. The Bertz CT molecular complexity index is 100. The largest absolute Gasteiger partial charge is 0.479 e. The number of rotatable bonds is 3. The Hall–Kier alpha value is -0.570. The van der Waals surface area contributed by atoms with Crippen molar-refractivity contribution in [2.75, 3.05) is 0 Å². The SMILES string of the molecule is CCC(C)[C@@H](O)C(=O)O. The molecule has 2 atom stereocenters. The summed E-state index contributed by atoms with van der Waals surface area (Å²) in [7, 11) is 0. The van der Waals surface area contributed by atoms with Crippen LogP contribution in [0.4, 0.5) is 0 Å². The maximum atomic E-state index is 10.0. The van der Waals surface area contributed by atoms with E-state index in [2.05, 4.69) is 0 Å². The molecule has 0 aliphatic heterocycles. The Morgan fingerprint density at radius 2 is 2.11 bits per heavy atom. The molecule has 0 aromatic carbocycles. The predicted octanol–water partition coefficient (Wildman–Crippen LogP) is 0.478. The molecule has 1 unspecified atom stereocenters. The molecule has 0 aromatic heterocycles. The summed E-state index contributed by atoms with van der Waals surface area (Å²) in [4.78, 5) is 10.0. The van der Waals surface area contributed by atoms with Crippen LogP contribution in [0.2, 0.25) is 0 Å². The molecule has 0 aromatic rings. The van der Waals surface area contributed by atoms with Crippen molar-refractivity contribution in [3.8, 4) is 0 Å². The Morgan fingerprint density at radius 1 is 1.67 bits per heavy atom. The Kier molecular flexibility index (Phi) is 3.24. The Morgan fingerprint density at radius 3 is 2.22 bits per heavy atom. The number of carbonyl (C=O) groups is 1. The first-order valence-corrected chi connectivity index (χ1v) is 3.00. The van der Waals surface area contributed by atoms with Gasteiger partial charge in [-0.05, 0) is 5.92 Å². The first kappa shape index (κ1) is 8.43. The molecular weight excluding hydrogens is 120 g/mol. The standard InChI is InChI=1S/C6H12O3/c1-3-4(2)5(7)6(8)9/h4-5,7H,3H2,1-2H3,(H,8,9)/t4?,5-/m1/s1. The summed E-state index contributed by atoms with van der Waals surface area (Å²) >= 11 is 0. The molecule has 0 aliphatic rings. The first-order chi connectivity index (χ1) is 4.09. The molecule has 0 saturated heterocycles. The van der Waals surface area contributed by atoms with Gasteiger partial charge in [-0.1, -0.05) is 20.3 Å². The van der Waals surface area contributed by atoms with E-state index in [0.717, 1.165) is 0 Å². The Labute approximate surface area is 54.3 Å². The number of hydrogen-bond donors (Lipinski definition) is 2. The lowest BCUT2D eigenvalue weighted by molar-refractivity contribution is -0.149. The molecule has 0 saturated carbocycles. The zero-order valence-corrected chi connectivity index (χ0v) is 5.66. The third-order valence-electron chi connectivity index (χ3n) is 1.44. The summed E-state index contributed by atoms with van der Waals surface area (Å²) in [6, 6.07) is 0. The van der Waals surface area contributed by atoms with E-state index in [1.54, 1.807) is 6.92 Å². The molecule has 0 amide bonds. The summed E-state index contributed by atoms with van der Waals surface area (Å²) < 4.78 is 0. The van der Waals surface area contributed by atoms with E-state index in [9.17, 15) is 4.79 Å². The van der Waals surface area contributed by atoms with Gasteiger partial charge in [0.15, 0.2) is 6.10 Å². The molecule has 0 fully saturated rings. The molecule has 0 aliphatic carbocycles. The van der Waals surface area contributed by atoms with Crippen molar-refractivity contribution in [3.63, 3.8) is 0 Å². The topological polar surface area (TPSA) is 57.5 Å². The fourth-order valence-electron chi connectivity index (χ4n) is 0.467. The number of aliphatic hydroxyl groups excluding tert-OH is 1. The highest BCUT2D eigenvalue weighted by Gasteiger charge is 2.18. The summed E-state index contributed by atoms with van der Waals surface area (Å²) in [5.74, 6) is -1.29. The molecule has 2 N–H and O–H groups in total. The minimum absolute atomic E-state index is 0.150. The zero-order valence-electron chi connectivity index (χ0n) is 5.66. The van der Waals surface area contributed by atoms with Crippen molar-refractivity contribution in [2.45, 2.75) is 26.4 Å². The van der Waals surface area contributed by atoms with Gasteiger partial charge in [0.1, 0.15) is 0 Å².